The van der Waals surface area contributed by atoms with E-state index < -0.39 is 0 Å². The molecule has 1 fully saturated rings. The lowest BCUT2D eigenvalue weighted by molar-refractivity contribution is -0.133. The maximum absolute atomic E-state index is 11.6. The number of furan rings is 1. The van der Waals surface area contributed by atoms with Crippen molar-refractivity contribution in [3.8, 4) is 5.75 Å². The summed E-state index contributed by atoms with van der Waals surface area (Å²) in [4.78, 5) is 13.5. The fraction of sp³-hybridized carbons (Fsp3) is 0.450. The van der Waals surface area contributed by atoms with E-state index in [4.69, 9.17) is 9.15 Å². The number of likely N-dealkylation sites (tertiary alicyclic amines) is 1. The predicted octanol–water partition coefficient (Wildman–Crippen LogP) is 3.27. The molecule has 2 aliphatic heterocycles. The summed E-state index contributed by atoms with van der Waals surface area (Å²) in [6.45, 7) is 3.87. The Morgan fingerprint density at radius 2 is 2.04 bits per heavy atom. The third-order valence-electron chi connectivity index (χ3n) is 5.42. The topological polar surface area (TPSA) is 54.7 Å². The number of fused-ring (bicyclic) bond motifs is 1. The zero-order valence-electron chi connectivity index (χ0n) is 14.5. The Bertz CT molecular complexity index is 733. The van der Waals surface area contributed by atoms with Gasteiger partial charge in [0.15, 0.2) is 0 Å². The number of ether oxygens (including phenoxy) is 1. The minimum absolute atomic E-state index is 0.151. The number of amides is 1. The first-order valence-electron chi connectivity index (χ1n) is 8.94. The number of nitrogens with zero attached hydrogens (tertiary/aromatic N) is 1. The first-order valence-corrected chi connectivity index (χ1v) is 8.94. The normalized spacial score (nSPS) is 21.6. The SMILES string of the molecule is CC(=O)N1CCC2(CC1)CC(NCc1ccco1)c1ccccc1O2. The van der Waals surface area contributed by atoms with Gasteiger partial charge in [-0.2, -0.15) is 0 Å². The minimum Gasteiger partial charge on any atom is -0.487 e. The molecule has 25 heavy (non-hydrogen) atoms. The van der Waals surface area contributed by atoms with Crippen molar-refractivity contribution < 1.29 is 13.9 Å². The summed E-state index contributed by atoms with van der Waals surface area (Å²) in [5.41, 5.74) is 1.01. The van der Waals surface area contributed by atoms with E-state index in [-0.39, 0.29) is 17.6 Å². The molecule has 0 bridgehead atoms. The summed E-state index contributed by atoms with van der Waals surface area (Å²) in [5.74, 6) is 2.05. The van der Waals surface area contributed by atoms with E-state index in [0.717, 1.165) is 43.9 Å². The zero-order valence-corrected chi connectivity index (χ0v) is 14.5. The molecule has 1 amide bonds. The number of benzene rings is 1. The van der Waals surface area contributed by atoms with Crippen molar-refractivity contribution >= 4 is 5.91 Å². The highest BCUT2D eigenvalue weighted by molar-refractivity contribution is 5.73. The van der Waals surface area contributed by atoms with Crippen LogP contribution in [0.15, 0.2) is 47.1 Å². The van der Waals surface area contributed by atoms with Crippen molar-refractivity contribution in [2.24, 2.45) is 0 Å². The largest absolute Gasteiger partial charge is 0.487 e. The van der Waals surface area contributed by atoms with Gasteiger partial charge in [0.2, 0.25) is 5.91 Å². The van der Waals surface area contributed by atoms with E-state index in [0.29, 0.717) is 6.54 Å². The molecule has 4 rings (SSSR count). The third kappa shape index (κ3) is 3.29. The van der Waals surface area contributed by atoms with Gasteiger partial charge in [-0.25, -0.2) is 0 Å². The number of hydrogen-bond acceptors (Lipinski definition) is 4. The molecular formula is C20H24N2O3. The van der Waals surface area contributed by atoms with Crippen LogP contribution in [0.5, 0.6) is 5.75 Å². The molecule has 1 atom stereocenters. The lowest BCUT2D eigenvalue weighted by Gasteiger charge is -2.47. The number of hydrogen-bond donors (Lipinski definition) is 1. The fourth-order valence-electron chi connectivity index (χ4n) is 3.97. The van der Waals surface area contributed by atoms with Gasteiger partial charge in [-0.15, -0.1) is 0 Å². The van der Waals surface area contributed by atoms with Gasteiger partial charge in [0.25, 0.3) is 0 Å². The summed E-state index contributed by atoms with van der Waals surface area (Å²) in [6, 6.07) is 12.4. The molecule has 0 aliphatic carbocycles. The van der Waals surface area contributed by atoms with Crippen molar-refractivity contribution in [2.75, 3.05) is 13.1 Å². The van der Waals surface area contributed by atoms with Crippen LogP contribution in [0.1, 0.15) is 43.6 Å². The molecule has 1 aromatic heterocycles. The van der Waals surface area contributed by atoms with Crippen LogP contribution in [0.3, 0.4) is 0 Å². The molecule has 1 saturated heterocycles. The molecule has 1 spiro atoms. The molecule has 5 heteroatoms. The number of piperidine rings is 1. The summed E-state index contributed by atoms with van der Waals surface area (Å²) in [7, 11) is 0. The first-order chi connectivity index (χ1) is 12.2. The monoisotopic (exact) mass is 340 g/mol. The minimum atomic E-state index is -0.193. The number of rotatable bonds is 3. The first kappa shape index (κ1) is 16.2. The molecule has 1 N–H and O–H groups in total. The Hall–Kier alpha value is -2.27. The van der Waals surface area contributed by atoms with Gasteiger partial charge in [0.1, 0.15) is 17.1 Å². The van der Waals surface area contributed by atoms with Gasteiger partial charge in [-0.1, -0.05) is 18.2 Å². The second kappa shape index (κ2) is 6.56. The van der Waals surface area contributed by atoms with Crippen LogP contribution in [-0.4, -0.2) is 29.5 Å². The van der Waals surface area contributed by atoms with E-state index in [1.165, 1.54) is 5.56 Å². The molecule has 0 radical (unpaired) electrons. The van der Waals surface area contributed by atoms with Crippen LogP contribution in [0.25, 0.3) is 0 Å². The molecule has 3 heterocycles. The number of carbonyl (C=O) groups is 1. The Balaban J connectivity index is 1.53. The molecule has 1 aromatic carbocycles. The molecule has 5 nitrogen and oxygen atoms in total. The van der Waals surface area contributed by atoms with Crippen LogP contribution in [0.4, 0.5) is 0 Å². The molecule has 0 saturated carbocycles. The molecule has 132 valence electrons. The third-order valence-corrected chi connectivity index (χ3v) is 5.42. The maximum Gasteiger partial charge on any atom is 0.219 e. The van der Waals surface area contributed by atoms with Crippen molar-refractivity contribution in [1.82, 2.24) is 10.2 Å². The number of para-hydroxylation sites is 1. The zero-order chi connectivity index (χ0) is 17.3. The van der Waals surface area contributed by atoms with Crippen LogP contribution in [0.2, 0.25) is 0 Å². The van der Waals surface area contributed by atoms with E-state index in [1.807, 2.05) is 23.1 Å². The van der Waals surface area contributed by atoms with Crippen LogP contribution >= 0.6 is 0 Å². The van der Waals surface area contributed by atoms with Gasteiger partial charge in [-0.3, -0.25) is 4.79 Å². The fourth-order valence-corrected chi connectivity index (χ4v) is 3.97. The summed E-state index contributed by atoms with van der Waals surface area (Å²) in [5, 5.41) is 3.63. The quantitative estimate of drug-likeness (QED) is 0.932. The van der Waals surface area contributed by atoms with Crippen molar-refractivity contribution in [1.29, 1.82) is 0 Å². The molecular weight excluding hydrogens is 316 g/mol. The van der Waals surface area contributed by atoms with Gasteiger partial charge >= 0.3 is 0 Å². The summed E-state index contributed by atoms with van der Waals surface area (Å²) < 4.78 is 11.9. The smallest absolute Gasteiger partial charge is 0.219 e. The van der Waals surface area contributed by atoms with E-state index in [9.17, 15) is 4.79 Å². The lowest BCUT2D eigenvalue weighted by Crippen LogP contribution is -2.52. The van der Waals surface area contributed by atoms with Gasteiger partial charge in [0.05, 0.1) is 12.8 Å². The van der Waals surface area contributed by atoms with Crippen molar-refractivity contribution in [2.45, 2.75) is 44.4 Å². The average molecular weight is 340 g/mol. The summed E-state index contributed by atoms with van der Waals surface area (Å²) >= 11 is 0. The van der Waals surface area contributed by atoms with Crippen LogP contribution in [0, 0.1) is 0 Å². The van der Waals surface area contributed by atoms with Crippen molar-refractivity contribution in [3.05, 3.63) is 54.0 Å². The van der Waals surface area contributed by atoms with Gasteiger partial charge < -0.3 is 19.4 Å². The number of carbonyl (C=O) groups excluding carboxylic acids is 1. The maximum atomic E-state index is 11.6. The second-order valence-corrected chi connectivity index (χ2v) is 7.05. The van der Waals surface area contributed by atoms with E-state index >= 15 is 0 Å². The number of nitrogens with one attached hydrogen (secondary N) is 1. The average Bonchev–Trinajstić information content (AvgIpc) is 3.13. The molecule has 1 unspecified atom stereocenters. The van der Waals surface area contributed by atoms with E-state index in [1.54, 1.807) is 13.2 Å². The standard InChI is InChI=1S/C20H24N2O3/c1-15(23)22-10-8-20(9-11-22)13-18(21-14-16-5-4-12-24-16)17-6-2-3-7-19(17)25-20/h2-7,12,18,21H,8-11,13-14H2,1H3. The Labute approximate surface area is 148 Å². The van der Waals surface area contributed by atoms with Crippen LogP contribution < -0.4 is 10.1 Å². The second-order valence-electron chi connectivity index (χ2n) is 7.05. The highest BCUT2D eigenvalue weighted by Crippen LogP contribution is 2.44. The highest BCUT2D eigenvalue weighted by atomic mass is 16.5. The Morgan fingerprint density at radius 1 is 1.24 bits per heavy atom. The van der Waals surface area contributed by atoms with Crippen molar-refractivity contribution in [3.63, 3.8) is 0 Å². The summed E-state index contributed by atoms with van der Waals surface area (Å²) in [6.07, 6.45) is 4.37. The van der Waals surface area contributed by atoms with Gasteiger partial charge in [-0.05, 0) is 18.2 Å². The van der Waals surface area contributed by atoms with Gasteiger partial charge in [0, 0.05) is 50.9 Å². The predicted molar refractivity (Wildman–Crippen MR) is 94.2 cm³/mol. The highest BCUT2D eigenvalue weighted by Gasteiger charge is 2.43. The lowest BCUT2D eigenvalue weighted by atomic mass is 9.80. The van der Waals surface area contributed by atoms with Crippen LogP contribution in [-0.2, 0) is 11.3 Å². The Morgan fingerprint density at radius 3 is 2.76 bits per heavy atom. The molecule has 2 aliphatic rings. The Kier molecular flexibility index (Phi) is 4.25. The molecule has 2 aromatic rings. The van der Waals surface area contributed by atoms with E-state index in [2.05, 4.69) is 23.5 Å².